The van der Waals surface area contributed by atoms with E-state index in [9.17, 15) is 8.42 Å². The van der Waals surface area contributed by atoms with Gasteiger partial charge in [-0.3, -0.25) is 0 Å². The molecule has 1 aromatic heterocycles. The van der Waals surface area contributed by atoms with Gasteiger partial charge in [0.15, 0.2) is 0 Å². The predicted octanol–water partition coefficient (Wildman–Crippen LogP) is 1.35. The lowest BCUT2D eigenvalue weighted by Gasteiger charge is -2.31. The monoisotopic (exact) mass is 339 g/mol. The average Bonchev–Trinajstić information content (AvgIpc) is 2.82. The number of nitrogens with zero attached hydrogens (tertiary/aromatic N) is 3. The summed E-state index contributed by atoms with van der Waals surface area (Å²) in [7, 11) is -3.18. The molecule has 1 aromatic rings. The first-order valence-corrected chi connectivity index (χ1v) is 9.87. The molecular formula is C16H25N3O3S. The molecule has 23 heavy (non-hydrogen) atoms. The molecule has 7 heteroatoms. The number of pyridine rings is 1. The summed E-state index contributed by atoms with van der Waals surface area (Å²) in [6.07, 6.45) is 3.37. The number of aromatic nitrogens is 1. The van der Waals surface area contributed by atoms with E-state index in [1.807, 2.05) is 25.1 Å². The van der Waals surface area contributed by atoms with Crippen molar-refractivity contribution < 1.29 is 13.2 Å². The van der Waals surface area contributed by atoms with Crippen LogP contribution in [-0.4, -0.2) is 62.9 Å². The Morgan fingerprint density at radius 2 is 2.17 bits per heavy atom. The van der Waals surface area contributed by atoms with E-state index >= 15 is 0 Å². The number of anilines is 1. The summed E-state index contributed by atoms with van der Waals surface area (Å²) in [6.45, 7) is 5.71. The van der Waals surface area contributed by atoms with Crippen molar-refractivity contribution >= 4 is 15.8 Å². The van der Waals surface area contributed by atoms with Crippen molar-refractivity contribution in [2.75, 3.05) is 50.0 Å². The summed E-state index contributed by atoms with van der Waals surface area (Å²) in [5.41, 5.74) is -0.130. The molecule has 3 rings (SSSR count). The third kappa shape index (κ3) is 3.67. The van der Waals surface area contributed by atoms with E-state index < -0.39 is 10.0 Å². The van der Waals surface area contributed by atoms with E-state index in [-0.39, 0.29) is 11.2 Å². The minimum Gasteiger partial charge on any atom is -0.379 e. The van der Waals surface area contributed by atoms with Crippen molar-refractivity contribution in [1.29, 1.82) is 0 Å². The van der Waals surface area contributed by atoms with Crippen LogP contribution in [0.4, 0.5) is 5.82 Å². The van der Waals surface area contributed by atoms with Gasteiger partial charge in [0.25, 0.3) is 0 Å². The summed E-state index contributed by atoms with van der Waals surface area (Å²) < 4.78 is 32.4. The summed E-state index contributed by atoms with van der Waals surface area (Å²) >= 11 is 0. The van der Waals surface area contributed by atoms with Crippen molar-refractivity contribution in [3.63, 3.8) is 0 Å². The van der Waals surface area contributed by atoms with Gasteiger partial charge in [0.1, 0.15) is 5.82 Å². The quantitative estimate of drug-likeness (QED) is 0.829. The molecule has 2 aliphatic rings. The summed E-state index contributed by atoms with van der Waals surface area (Å²) in [6, 6.07) is 5.89. The van der Waals surface area contributed by atoms with Crippen LogP contribution in [0.25, 0.3) is 0 Å². The van der Waals surface area contributed by atoms with E-state index in [4.69, 9.17) is 4.74 Å². The second-order valence-corrected chi connectivity index (χ2v) is 8.65. The van der Waals surface area contributed by atoms with Gasteiger partial charge in [0.05, 0.1) is 19.0 Å². The van der Waals surface area contributed by atoms with Gasteiger partial charge in [-0.1, -0.05) is 13.0 Å². The maximum Gasteiger partial charge on any atom is 0.214 e. The van der Waals surface area contributed by atoms with E-state index in [1.54, 1.807) is 10.5 Å². The number of ether oxygens (including phenoxy) is 1. The summed E-state index contributed by atoms with van der Waals surface area (Å²) in [5.74, 6) is 1.17. The van der Waals surface area contributed by atoms with Gasteiger partial charge in [-0.25, -0.2) is 13.4 Å². The van der Waals surface area contributed by atoms with Crippen molar-refractivity contribution in [1.82, 2.24) is 9.29 Å². The Bertz CT molecular complexity index is 623. The van der Waals surface area contributed by atoms with Crippen LogP contribution in [0, 0.1) is 5.41 Å². The highest BCUT2D eigenvalue weighted by atomic mass is 32.2. The van der Waals surface area contributed by atoms with Gasteiger partial charge in [-0.05, 0) is 25.0 Å². The smallest absolute Gasteiger partial charge is 0.214 e. The van der Waals surface area contributed by atoms with E-state index in [2.05, 4.69) is 9.88 Å². The van der Waals surface area contributed by atoms with Crippen LogP contribution in [-0.2, 0) is 14.8 Å². The van der Waals surface area contributed by atoms with Crippen LogP contribution < -0.4 is 4.90 Å². The number of sulfonamides is 1. The third-order valence-corrected chi connectivity index (χ3v) is 6.69. The highest BCUT2D eigenvalue weighted by Crippen LogP contribution is 2.36. The Morgan fingerprint density at radius 3 is 2.91 bits per heavy atom. The molecule has 2 saturated heterocycles. The Hall–Kier alpha value is -1.18. The van der Waals surface area contributed by atoms with Gasteiger partial charge in [-0.15, -0.1) is 0 Å². The number of hydrogen-bond donors (Lipinski definition) is 0. The molecule has 0 amide bonds. The lowest BCUT2D eigenvalue weighted by molar-refractivity contribution is 0.0807. The van der Waals surface area contributed by atoms with E-state index in [0.29, 0.717) is 32.7 Å². The Labute approximate surface area is 138 Å². The van der Waals surface area contributed by atoms with Crippen molar-refractivity contribution in [3.05, 3.63) is 24.4 Å². The fraction of sp³-hybridized carbons (Fsp3) is 0.688. The van der Waals surface area contributed by atoms with Crippen LogP contribution in [0.3, 0.4) is 0 Å². The zero-order valence-electron chi connectivity index (χ0n) is 13.6. The van der Waals surface area contributed by atoms with Crippen molar-refractivity contribution in [3.8, 4) is 0 Å². The van der Waals surface area contributed by atoms with Gasteiger partial charge in [0, 0.05) is 37.8 Å². The Balaban J connectivity index is 1.76. The molecule has 0 radical (unpaired) electrons. The highest BCUT2D eigenvalue weighted by Gasteiger charge is 2.43. The molecule has 0 N–H and O–H groups in total. The second-order valence-electron chi connectivity index (χ2n) is 6.56. The normalized spacial score (nSPS) is 26.6. The third-order valence-electron chi connectivity index (χ3n) is 4.67. The molecule has 2 aliphatic heterocycles. The molecule has 3 heterocycles. The van der Waals surface area contributed by atoms with Crippen molar-refractivity contribution in [2.24, 2.45) is 5.41 Å². The van der Waals surface area contributed by atoms with E-state index in [0.717, 1.165) is 25.3 Å². The fourth-order valence-electron chi connectivity index (χ4n) is 3.50. The van der Waals surface area contributed by atoms with E-state index in [1.165, 1.54) is 0 Å². The maximum absolute atomic E-state index is 12.5. The van der Waals surface area contributed by atoms with Crippen LogP contribution >= 0.6 is 0 Å². The lowest BCUT2D eigenvalue weighted by Crippen LogP contribution is -2.44. The SMILES string of the molecule is CCCS(=O)(=O)N1CCOC[C@]2(CCN(c3ccccn3)C2)C1. The second kappa shape index (κ2) is 6.75. The maximum atomic E-state index is 12.5. The van der Waals surface area contributed by atoms with Crippen molar-refractivity contribution in [2.45, 2.75) is 19.8 Å². The number of rotatable bonds is 4. The Kier molecular flexibility index (Phi) is 4.89. The molecule has 1 atom stereocenters. The van der Waals surface area contributed by atoms with Crippen LogP contribution in [0.15, 0.2) is 24.4 Å². The van der Waals surface area contributed by atoms with Crippen LogP contribution in [0.2, 0.25) is 0 Å². The summed E-state index contributed by atoms with van der Waals surface area (Å²) in [4.78, 5) is 6.65. The minimum atomic E-state index is -3.18. The molecule has 1 spiro atoms. The first-order chi connectivity index (χ1) is 11.0. The van der Waals surface area contributed by atoms with Gasteiger partial charge < -0.3 is 9.64 Å². The zero-order valence-corrected chi connectivity index (χ0v) is 14.5. The molecule has 0 aliphatic carbocycles. The molecule has 0 bridgehead atoms. The molecule has 0 saturated carbocycles. The predicted molar refractivity (Wildman–Crippen MR) is 90.0 cm³/mol. The average molecular weight is 339 g/mol. The number of hydrogen-bond acceptors (Lipinski definition) is 5. The highest BCUT2D eigenvalue weighted by molar-refractivity contribution is 7.89. The largest absolute Gasteiger partial charge is 0.379 e. The minimum absolute atomic E-state index is 0.130. The molecular weight excluding hydrogens is 314 g/mol. The van der Waals surface area contributed by atoms with Gasteiger partial charge in [0.2, 0.25) is 10.0 Å². The van der Waals surface area contributed by atoms with Gasteiger partial charge >= 0.3 is 0 Å². The topological polar surface area (TPSA) is 62.7 Å². The standard InChI is InChI=1S/C16H25N3O3S/c1-2-11-23(20,21)19-9-10-22-14-16(13-19)6-8-18(12-16)15-5-3-4-7-17-15/h3-5,7H,2,6,8-14H2,1H3/t16-/m0/s1. The fourth-order valence-corrected chi connectivity index (χ4v) is 5.09. The van der Waals surface area contributed by atoms with Crippen LogP contribution in [0.1, 0.15) is 19.8 Å². The lowest BCUT2D eigenvalue weighted by atomic mass is 9.88. The molecule has 6 nitrogen and oxygen atoms in total. The first-order valence-electron chi connectivity index (χ1n) is 8.26. The molecule has 0 aromatic carbocycles. The van der Waals surface area contributed by atoms with Crippen LogP contribution in [0.5, 0.6) is 0 Å². The first kappa shape index (κ1) is 16.7. The summed E-state index contributed by atoms with van der Waals surface area (Å²) in [5, 5.41) is 0. The van der Waals surface area contributed by atoms with Gasteiger partial charge in [-0.2, -0.15) is 4.31 Å². The molecule has 2 fully saturated rings. The zero-order chi connectivity index (χ0) is 16.3. The Morgan fingerprint density at radius 1 is 1.30 bits per heavy atom. The molecule has 128 valence electrons. The molecule has 0 unspecified atom stereocenters.